The van der Waals surface area contributed by atoms with E-state index in [1.807, 2.05) is 0 Å². The van der Waals surface area contributed by atoms with Crippen LogP contribution in [0.25, 0.3) is 0 Å². The SMILES string of the molecule is COc1ccc(NC(=O)c2sc(NC(=O)c3ccco3)cc2C)cn1. The Hall–Kier alpha value is -3.13. The Labute approximate surface area is 147 Å². The van der Waals surface area contributed by atoms with Crippen LogP contribution in [0.2, 0.25) is 0 Å². The van der Waals surface area contributed by atoms with Crippen LogP contribution in [0, 0.1) is 6.92 Å². The molecule has 0 radical (unpaired) electrons. The van der Waals surface area contributed by atoms with Crippen LogP contribution in [-0.2, 0) is 0 Å². The fourth-order valence-electron chi connectivity index (χ4n) is 2.11. The van der Waals surface area contributed by atoms with Crippen LogP contribution >= 0.6 is 11.3 Å². The lowest BCUT2D eigenvalue weighted by atomic mass is 10.2. The van der Waals surface area contributed by atoms with Crippen LogP contribution in [0.15, 0.2) is 47.2 Å². The Morgan fingerprint density at radius 3 is 2.68 bits per heavy atom. The molecule has 0 aromatic carbocycles. The Morgan fingerprint density at radius 1 is 1.20 bits per heavy atom. The molecule has 2 amide bonds. The number of pyridine rings is 1. The lowest BCUT2D eigenvalue weighted by molar-refractivity contribution is 0.0995. The number of ether oxygens (including phenoxy) is 1. The molecule has 2 N–H and O–H groups in total. The fourth-order valence-corrected chi connectivity index (χ4v) is 3.08. The number of carbonyl (C=O) groups excluding carboxylic acids is 2. The van der Waals surface area contributed by atoms with Gasteiger partial charge in [0.25, 0.3) is 11.8 Å². The van der Waals surface area contributed by atoms with Crippen molar-refractivity contribution >= 4 is 33.8 Å². The number of hydrogen-bond donors (Lipinski definition) is 2. The maximum atomic E-state index is 12.4. The zero-order chi connectivity index (χ0) is 17.8. The number of furan rings is 1. The summed E-state index contributed by atoms with van der Waals surface area (Å²) in [7, 11) is 1.52. The predicted molar refractivity (Wildman–Crippen MR) is 94.5 cm³/mol. The number of anilines is 2. The van der Waals surface area contributed by atoms with Gasteiger partial charge in [-0.05, 0) is 36.8 Å². The summed E-state index contributed by atoms with van der Waals surface area (Å²) < 4.78 is 10.0. The van der Waals surface area contributed by atoms with Gasteiger partial charge in [-0.2, -0.15) is 0 Å². The number of hydrogen-bond acceptors (Lipinski definition) is 6. The van der Waals surface area contributed by atoms with E-state index in [0.29, 0.717) is 21.4 Å². The van der Waals surface area contributed by atoms with E-state index in [1.165, 1.54) is 30.9 Å². The van der Waals surface area contributed by atoms with E-state index in [4.69, 9.17) is 9.15 Å². The van der Waals surface area contributed by atoms with Crippen molar-refractivity contribution < 1.29 is 18.7 Å². The van der Waals surface area contributed by atoms with Gasteiger partial charge >= 0.3 is 0 Å². The van der Waals surface area contributed by atoms with Crippen LogP contribution in [0.1, 0.15) is 25.8 Å². The average molecular weight is 357 g/mol. The van der Waals surface area contributed by atoms with Gasteiger partial charge in [0.1, 0.15) is 0 Å². The first-order valence-corrected chi connectivity index (χ1v) is 8.15. The molecule has 3 aromatic rings. The van der Waals surface area contributed by atoms with E-state index < -0.39 is 0 Å². The number of amides is 2. The second kappa shape index (κ2) is 7.18. The van der Waals surface area contributed by atoms with Gasteiger partial charge < -0.3 is 19.8 Å². The first-order chi connectivity index (χ1) is 12.1. The lowest BCUT2D eigenvalue weighted by Gasteiger charge is -2.05. The highest BCUT2D eigenvalue weighted by Gasteiger charge is 2.16. The minimum Gasteiger partial charge on any atom is -0.481 e. The number of nitrogens with one attached hydrogen (secondary N) is 2. The van der Waals surface area contributed by atoms with E-state index in [9.17, 15) is 9.59 Å². The first-order valence-electron chi connectivity index (χ1n) is 7.33. The monoisotopic (exact) mass is 357 g/mol. The zero-order valence-electron chi connectivity index (χ0n) is 13.5. The third-order valence-electron chi connectivity index (χ3n) is 3.31. The van der Waals surface area contributed by atoms with Crippen molar-refractivity contribution in [2.75, 3.05) is 17.7 Å². The molecule has 7 nitrogen and oxygen atoms in total. The first kappa shape index (κ1) is 16.7. The normalized spacial score (nSPS) is 10.3. The molecule has 3 rings (SSSR count). The van der Waals surface area contributed by atoms with Gasteiger partial charge in [-0.3, -0.25) is 9.59 Å². The number of nitrogens with zero attached hydrogens (tertiary/aromatic N) is 1. The Bertz CT molecular complexity index is 885. The van der Waals surface area contributed by atoms with E-state index >= 15 is 0 Å². The largest absolute Gasteiger partial charge is 0.481 e. The van der Waals surface area contributed by atoms with Crippen LogP contribution < -0.4 is 15.4 Å². The molecule has 0 unspecified atom stereocenters. The van der Waals surface area contributed by atoms with Gasteiger partial charge in [0.2, 0.25) is 5.88 Å². The van der Waals surface area contributed by atoms with Crippen LogP contribution in [0.3, 0.4) is 0 Å². The summed E-state index contributed by atoms with van der Waals surface area (Å²) in [5.41, 5.74) is 1.32. The maximum absolute atomic E-state index is 12.4. The molecule has 0 bridgehead atoms. The van der Waals surface area contributed by atoms with Crippen molar-refractivity contribution in [2.24, 2.45) is 0 Å². The highest BCUT2D eigenvalue weighted by atomic mass is 32.1. The summed E-state index contributed by atoms with van der Waals surface area (Å²) in [4.78, 5) is 29.0. The van der Waals surface area contributed by atoms with E-state index in [-0.39, 0.29) is 17.6 Å². The number of rotatable bonds is 5. The van der Waals surface area contributed by atoms with Crippen molar-refractivity contribution in [3.8, 4) is 5.88 Å². The quantitative estimate of drug-likeness (QED) is 0.728. The average Bonchev–Trinajstić information content (AvgIpc) is 3.25. The minimum absolute atomic E-state index is 0.210. The second-order valence-electron chi connectivity index (χ2n) is 5.10. The Kier molecular flexibility index (Phi) is 4.80. The topological polar surface area (TPSA) is 93.5 Å². The van der Waals surface area contributed by atoms with Gasteiger partial charge in [0.15, 0.2) is 5.76 Å². The number of aryl methyl sites for hydroxylation is 1. The molecule has 25 heavy (non-hydrogen) atoms. The van der Waals surface area contributed by atoms with E-state index in [0.717, 1.165) is 5.56 Å². The number of carbonyl (C=O) groups is 2. The van der Waals surface area contributed by atoms with Gasteiger partial charge in [-0.1, -0.05) is 0 Å². The fraction of sp³-hybridized carbons (Fsp3) is 0.118. The van der Waals surface area contributed by atoms with E-state index in [1.54, 1.807) is 37.3 Å². The molecule has 0 saturated heterocycles. The molecule has 128 valence electrons. The molecule has 0 fully saturated rings. The molecule has 3 aromatic heterocycles. The zero-order valence-corrected chi connectivity index (χ0v) is 14.3. The van der Waals surface area contributed by atoms with Crippen LogP contribution in [0.5, 0.6) is 5.88 Å². The van der Waals surface area contributed by atoms with Crippen molar-refractivity contribution in [3.63, 3.8) is 0 Å². The summed E-state index contributed by atoms with van der Waals surface area (Å²) in [5.74, 6) is 0.0418. The molecule has 0 aliphatic carbocycles. The maximum Gasteiger partial charge on any atom is 0.291 e. The van der Waals surface area contributed by atoms with Gasteiger partial charge in [-0.15, -0.1) is 11.3 Å². The highest BCUT2D eigenvalue weighted by molar-refractivity contribution is 7.18. The molecule has 0 aliphatic heterocycles. The van der Waals surface area contributed by atoms with Gasteiger partial charge in [0.05, 0.1) is 35.1 Å². The smallest absolute Gasteiger partial charge is 0.291 e. The Balaban J connectivity index is 1.70. The van der Waals surface area contributed by atoms with E-state index in [2.05, 4.69) is 15.6 Å². The van der Waals surface area contributed by atoms with Crippen LogP contribution in [0.4, 0.5) is 10.7 Å². The molecule has 3 heterocycles. The summed E-state index contributed by atoms with van der Waals surface area (Å²) in [6.45, 7) is 1.81. The van der Waals surface area contributed by atoms with Gasteiger partial charge in [0, 0.05) is 6.07 Å². The lowest BCUT2D eigenvalue weighted by Crippen LogP contribution is -2.11. The molecular formula is C17H15N3O4S. The summed E-state index contributed by atoms with van der Waals surface area (Å²) in [6, 6.07) is 8.31. The summed E-state index contributed by atoms with van der Waals surface area (Å²) in [5, 5.41) is 6.05. The molecule has 0 saturated carbocycles. The molecule has 0 spiro atoms. The third-order valence-corrected chi connectivity index (χ3v) is 4.46. The molecule has 8 heteroatoms. The van der Waals surface area contributed by atoms with Crippen LogP contribution in [-0.4, -0.2) is 23.9 Å². The highest BCUT2D eigenvalue weighted by Crippen LogP contribution is 2.28. The molecule has 0 atom stereocenters. The summed E-state index contributed by atoms with van der Waals surface area (Å²) in [6.07, 6.45) is 2.94. The third kappa shape index (κ3) is 3.86. The van der Waals surface area contributed by atoms with Gasteiger partial charge in [-0.25, -0.2) is 4.98 Å². The molecule has 0 aliphatic rings. The van der Waals surface area contributed by atoms with Crippen molar-refractivity contribution in [1.29, 1.82) is 0 Å². The summed E-state index contributed by atoms with van der Waals surface area (Å²) >= 11 is 1.19. The predicted octanol–water partition coefficient (Wildman–Crippen LogP) is 3.56. The second-order valence-corrected chi connectivity index (χ2v) is 6.15. The number of aromatic nitrogens is 1. The van der Waals surface area contributed by atoms with Crippen molar-refractivity contribution in [2.45, 2.75) is 6.92 Å². The molecular weight excluding hydrogens is 342 g/mol. The van der Waals surface area contributed by atoms with Crippen molar-refractivity contribution in [3.05, 3.63) is 59.0 Å². The standard InChI is InChI=1S/C17H15N3O4S/c1-10-8-14(20-16(21)12-4-3-7-24-12)25-15(10)17(22)19-11-5-6-13(23-2)18-9-11/h3-9H,1-2H3,(H,19,22)(H,20,21). The Morgan fingerprint density at radius 2 is 2.04 bits per heavy atom. The number of methoxy groups -OCH3 is 1. The number of thiophene rings is 1. The van der Waals surface area contributed by atoms with Crippen molar-refractivity contribution in [1.82, 2.24) is 4.98 Å². The minimum atomic E-state index is -0.363.